The van der Waals surface area contributed by atoms with Gasteiger partial charge in [-0.15, -0.1) is 0 Å². The van der Waals surface area contributed by atoms with Gasteiger partial charge in [0.25, 0.3) is 0 Å². The minimum Gasteiger partial charge on any atom is -0.372 e. The van der Waals surface area contributed by atoms with Crippen LogP contribution in [0, 0.1) is 0 Å². The summed E-state index contributed by atoms with van der Waals surface area (Å²) >= 11 is 0. The van der Waals surface area contributed by atoms with Crippen LogP contribution in [0.15, 0.2) is 93.8 Å². The van der Waals surface area contributed by atoms with Crippen LogP contribution in [0.3, 0.4) is 0 Å². The highest BCUT2D eigenvalue weighted by Crippen LogP contribution is 2.24. The Morgan fingerprint density at radius 3 is 1.23 bits per heavy atom. The Hall–Kier alpha value is -4.34. The first-order valence-corrected chi connectivity index (χ1v) is 16.8. The number of anilines is 2. The molecular formula is C37H60N10+2. The maximum absolute atomic E-state index is 4.54. The van der Waals surface area contributed by atoms with Crippen molar-refractivity contribution in [1.29, 1.82) is 0 Å². The Kier molecular flexibility index (Phi) is 16.5. The van der Waals surface area contributed by atoms with Gasteiger partial charge < -0.3 is 9.80 Å². The van der Waals surface area contributed by atoms with Gasteiger partial charge in [-0.2, -0.15) is 0 Å². The van der Waals surface area contributed by atoms with Crippen LogP contribution >= 0.6 is 0 Å². The molecule has 2 aromatic carbocycles. The van der Waals surface area contributed by atoms with Gasteiger partial charge in [0, 0.05) is 47.8 Å². The zero-order chi connectivity index (χ0) is 32.0. The summed E-state index contributed by atoms with van der Waals surface area (Å²) in [5.41, 5.74) is 4.20. The van der Waals surface area contributed by atoms with Gasteiger partial charge in [0.1, 0.15) is 11.4 Å². The van der Waals surface area contributed by atoms with Gasteiger partial charge >= 0.3 is 11.9 Å². The maximum Gasteiger partial charge on any atom is 0.421 e. The summed E-state index contributed by atoms with van der Waals surface area (Å²) in [6, 6.07) is 16.9. The summed E-state index contributed by atoms with van der Waals surface area (Å²) in [4.78, 5) is 4.89. The highest BCUT2D eigenvalue weighted by molar-refractivity contribution is 5.53. The molecule has 2 aromatic heterocycles. The van der Waals surface area contributed by atoms with Crippen molar-refractivity contribution in [1.82, 2.24) is 9.13 Å². The summed E-state index contributed by atoms with van der Waals surface area (Å²) in [7, 11) is 0. The van der Waals surface area contributed by atoms with E-state index in [1.807, 2.05) is 0 Å². The van der Waals surface area contributed by atoms with Crippen molar-refractivity contribution in [2.75, 3.05) is 36.0 Å². The lowest BCUT2D eigenvalue weighted by atomic mass is 10.2. The van der Waals surface area contributed by atoms with E-state index >= 15 is 0 Å². The maximum atomic E-state index is 4.54. The minimum absolute atomic E-state index is 0. The Morgan fingerprint density at radius 2 is 0.915 bits per heavy atom. The smallest absolute Gasteiger partial charge is 0.372 e. The SMILES string of the molecule is C.C.CCN(CCCCCN(CC)c1ccc(N=Nc2n(CC)cc[n+]2CC)cc1)c1ccc(N=Nc2n(CC)cc[n+]2CC)cc1. The average Bonchev–Trinajstić information content (AvgIpc) is 3.69. The third-order valence-electron chi connectivity index (χ3n) is 8.30. The number of unbranched alkanes of at least 4 members (excludes halogenated alkanes) is 2. The molecule has 0 amide bonds. The molecule has 4 aromatic rings. The minimum atomic E-state index is 0. The number of aryl methyl sites for hydroxylation is 4. The van der Waals surface area contributed by atoms with Gasteiger partial charge in [-0.1, -0.05) is 25.1 Å². The molecule has 0 radical (unpaired) electrons. The molecule has 0 fully saturated rings. The standard InChI is InChI=1S/C35H52N10.2CH4/c1-7-40(32-20-16-30(17-21-32)36-38-34-42(9-3)26-27-43(34)10-4)24-14-13-15-25-41(8-2)33-22-18-31(19-23-33)37-39-35-44(11-5)28-29-45(35)12-6;;/h16-23,26-29H,7-15,24-25H2,1-6H3;2*1H4/q+2;;. The molecule has 256 valence electrons. The van der Waals surface area contributed by atoms with Gasteiger partial charge in [0.05, 0.1) is 51.0 Å². The third-order valence-corrected chi connectivity index (χ3v) is 8.30. The second-order valence-electron chi connectivity index (χ2n) is 11.0. The number of rotatable bonds is 18. The molecule has 0 unspecified atom stereocenters. The van der Waals surface area contributed by atoms with E-state index in [4.69, 9.17) is 0 Å². The van der Waals surface area contributed by atoms with Crippen LogP contribution in [0.1, 0.15) is 75.7 Å². The van der Waals surface area contributed by atoms with Crippen LogP contribution in [0.5, 0.6) is 0 Å². The lowest BCUT2D eigenvalue weighted by molar-refractivity contribution is -0.680. The lowest BCUT2D eigenvalue weighted by Gasteiger charge is -2.25. The predicted molar refractivity (Wildman–Crippen MR) is 196 cm³/mol. The molecular weight excluding hydrogens is 584 g/mol. The van der Waals surface area contributed by atoms with Crippen molar-refractivity contribution >= 4 is 34.6 Å². The van der Waals surface area contributed by atoms with Gasteiger partial charge in [0.2, 0.25) is 0 Å². The fourth-order valence-corrected chi connectivity index (χ4v) is 5.52. The topological polar surface area (TPSA) is 73.5 Å². The summed E-state index contributed by atoms with van der Waals surface area (Å²) in [6.45, 7) is 20.5. The number of hydrogen-bond donors (Lipinski definition) is 0. The first kappa shape index (κ1) is 38.8. The molecule has 0 spiro atoms. The molecule has 4 rings (SSSR count). The van der Waals surface area contributed by atoms with E-state index in [-0.39, 0.29) is 14.9 Å². The molecule has 0 saturated carbocycles. The van der Waals surface area contributed by atoms with Gasteiger partial charge in [0.15, 0.2) is 0 Å². The molecule has 0 aliphatic heterocycles. The summed E-state index contributed by atoms with van der Waals surface area (Å²) in [5, 5.41) is 18.1. The normalized spacial score (nSPS) is 11.2. The number of nitrogens with zero attached hydrogens (tertiary/aromatic N) is 10. The van der Waals surface area contributed by atoms with Crippen molar-refractivity contribution in [2.45, 2.75) is 102 Å². The van der Waals surface area contributed by atoms with E-state index in [2.05, 4.69) is 163 Å². The van der Waals surface area contributed by atoms with Crippen LogP contribution in [-0.2, 0) is 26.2 Å². The van der Waals surface area contributed by atoms with E-state index in [0.717, 1.165) is 88.5 Å². The average molecular weight is 645 g/mol. The molecule has 0 saturated heterocycles. The molecule has 10 heteroatoms. The zero-order valence-corrected chi connectivity index (χ0v) is 28.2. The Labute approximate surface area is 284 Å². The third kappa shape index (κ3) is 10.3. The Morgan fingerprint density at radius 1 is 0.532 bits per heavy atom. The quantitative estimate of drug-likeness (QED) is 0.0615. The van der Waals surface area contributed by atoms with Crippen molar-refractivity contribution in [3.8, 4) is 0 Å². The largest absolute Gasteiger partial charge is 0.421 e. The highest BCUT2D eigenvalue weighted by atomic mass is 15.3. The van der Waals surface area contributed by atoms with Gasteiger partial charge in [-0.05, 0) is 109 Å². The van der Waals surface area contributed by atoms with E-state index in [1.165, 1.54) is 17.8 Å². The second-order valence-corrected chi connectivity index (χ2v) is 11.0. The zero-order valence-electron chi connectivity index (χ0n) is 28.2. The van der Waals surface area contributed by atoms with Crippen LogP contribution in [0.2, 0.25) is 0 Å². The van der Waals surface area contributed by atoms with Crippen LogP contribution in [-0.4, -0.2) is 35.3 Å². The Bertz CT molecular complexity index is 1340. The Balaban J connectivity index is 0.00000384. The second kappa shape index (κ2) is 20.0. The van der Waals surface area contributed by atoms with Crippen molar-refractivity contribution < 1.29 is 9.13 Å². The predicted octanol–water partition coefficient (Wildman–Crippen LogP) is 9.57. The number of imidazole rings is 2. The van der Waals surface area contributed by atoms with Crippen LogP contribution in [0.25, 0.3) is 0 Å². The van der Waals surface area contributed by atoms with Crippen LogP contribution < -0.4 is 18.9 Å². The molecule has 0 atom stereocenters. The molecule has 47 heavy (non-hydrogen) atoms. The number of azo groups is 2. The van der Waals surface area contributed by atoms with Gasteiger partial charge in [-0.25, -0.2) is 18.3 Å². The summed E-state index contributed by atoms with van der Waals surface area (Å²) in [5.74, 6) is 1.76. The van der Waals surface area contributed by atoms with Crippen molar-refractivity contribution in [3.63, 3.8) is 0 Å². The van der Waals surface area contributed by atoms with Gasteiger partial charge in [-0.3, -0.25) is 0 Å². The molecule has 0 aliphatic carbocycles. The molecule has 10 nitrogen and oxygen atoms in total. The highest BCUT2D eigenvalue weighted by Gasteiger charge is 2.16. The van der Waals surface area contributed by atoms with E-state index in [1.54, 1.807) is 0 Å². The molecule has 2 heterocycles. The summed E-state index contributed by atoms with van der Waals surface area (Å²) in [6.07, 6.45) is 11.7. The van der Waals surface area contributed by atoms with E-state index in [0.29, 0.717) is 0 Å². The number of aromatic nitrogens is 4. The van der Waals surface area contributed by atoms with Crippen molar-refractivity contribution in [2.24, 2.45) is 20.5 Å². The molecule has 0 N–H and O–H groups in total. The lowest BCUT2D eigenvalue weighted by Crippen LogP contribution is -2.30. The first-order chi connectivity index (χ1) is 22.0. The number of hydrogen-bond acceptors (Lipinski definition) is 6. The fraction of sp³-hybridized carbons (Fsp3) is 0.514. The summed E-state index contributed by atoms with van der Waals surface area (Å²) < 4.78 is 8.44. The first-order valence-electron chi connectivity index (χ1n) is 16.8. The van der Waals surface area contributed by atoms with Crippen LogP contribution in [0.4, 0.5) is 34.6 Å². The van der Waals surface area contributed by atoms with E-state index < -0.39 is 0 Å². The van der Waals surface area contributed by atoms with Crippen molar-refractivity contribution in [3.05, 3.63) is 73.3 Å². The molecule has 0 aliphatic rings. The van der Waals surface area contributed by atoms with E-state index in [9.17, 15) is 0 Å². The molecule has 0 bridgehead atoms. The monoisotopic (exact) mass is 644 g/mol. The fourth-order valence-electron chi connectivity index (χ4n) is 5.52. The number of benzene rings is 2.